The Kier molecular flexibility index (Phi) is 6.43. The molecule has 8 nitrogen and oxygen atoms in total. The number of carbonyl (C=O) groups excluding carboxylic acids is 2. The summed E-state index contributed by atoms with van der Waals surface area (Å²) in [6.07, 6.45) is 4.52. The number of halogens is 1. The zero-order valence-electron chi connectivity index (χ0n) is 25.2. The van der Waals surface area contributed by atoms with E-state index in [1.807, 2.05) is 31.2 Å². The summed E-state index contributed by atoms with van der Waals surface area (Å²) < 4.78 is 19.7. The molecule has 8 rings (SSSR count). The van der Waals surface area contributed by atoms with Gasteiger partial charge in [-0.3, -0.25) is 14.2 Å². The van der Waals surface area contributed by atoms with Gasteiger partial charge in [0.05, 0.1) is 19.0 Å². The Morgan fingerprint density at radius 3 is 2.69 bits per heavy atom. The smallest absolute Gasteiger partial charge is 0.315 e. The van der Waals surface area contributed by atoms with Gasteiger partial charge in [-0.05, 0) is 93.0 Å². The lowest BCUT2D eigenvalue weighted by atomic mass is 9.53. The monoisotopic (exact) mass is 624 g/mol. The predicted molar refractivity (Wildman–Crippen MR) is 170 cm³/mol. The molecule has 230 valence electrons. The lowest BCUT2D eigenvalue weighted by Gasteiger charge is -2.56. The van der Waals surface area contributed by atoms with Crippen LogP contribution in [-0.4, -0.2) is 65.4 Å². The van der Waals surface area contributed by atoms with Gasteiger partial charge in [0.25, 0.3) is 5.91 Å². The molecule has 1 aromatic heterocycles. The summed E-state index contributed by atoms with van der Waals surface area (Å²) in [6.45, 7) is 2.74. The number of hydrogen-bond acceptors (Lipinski definition) is 7. The van der Waals surface area contributed by atoms with Gasteiger partial charge in [-0.2, -0.15) is 0 Å². The van der Waals surface area contributed by atoms with E-state index in [0.29, 0.717) is 50.7 Å². The zero-order valence-corrected chi connectivity index (χ0v) is 26.0. The maximum atomic E-state index is 13.7. The number of aliphatic hydroxyl groups is 1. The molecule has 0 saturated carbocycles. The average molecular weight is 625 g/mol. The Morgan fingerprint density at radius 1 is 1.11 bits per heavy atom. The molecule has 2 unspecified atom stereocenters. The summed E-state index contributed by atoms with van der Waals surface area (Å²) in [5, 5.41) is 12.3. The summed E-state index contributed by atoms with van der Waals surface area (Å²) >= 11 is 6.07. The largest absolute Gasteiger partial charge is 0.497 e. The van der Waals surface area contributed by atoms with Crippen LogP contribution in [-0.2, 0) is 23.1 Å². The van der Waals surface area contributed by atoms with Gasteiger partial charge in [-0.1, -0.05) is 29.8 Å². The number of aliphatic hydroxyl groups excluding tert-OH is 1. The summed E-state index contributed by atoms with van der Waals surface area (Å²) in [7, 11) is 3.75. The summed E-state index contributed by atoms with van der Waals surface area (Å²) in [5.74, 6) is 1.06. The molecule has 2 aliphatic heterocycles. The maximum absolute atomic E-state index is 13.7. The van der Waals surface area contributed by atoms with Crippen molar-refractivity contribution < 1.29 is 28.9 Å². The molecule has 9 heteroatoms. The minimum atomic E-state index is -0.742. The highest BCUT2D eigenvalue weighted by Crippen LogP contribution is 2.62. The van der Waals surface area contributed by atoms with Crippen LogP contribution in [0.4, 0.5) is 0 Å². The SMILES string of the molecule is COc1ccc2c(c1)c(CC(=O)Oc1ccc3c4c1O[C@H]1C(O)C=CC5[C@@H](C3)N(C)CC[C@@]451)c(C)n2C(=O)c1ccc(Cl)cc1. The molecule has 1 fully saturated rings. The minimum absolute atomic E-state index is 0.0683. The molecular weight excluding hydrogens is 592 g/mol. The zero-order chi connectivity index (χ0) is 31.2. The number of rotatable bonds is 5. The second kappa shape index (κ2) is 10.2. The third kappa shape index (κ3) is 4.05. The van der Waals surface area contributed by atoms with Gasteiger partial charge in [0, 0.05) is 44.6 Å². The third-order valence-corrected chi connectivity index (χ3v) is 10.8. The molecule has 4 aromatic rings. The van der Waals surface area contributed by atoms with E-state index < -0.39 is 18.2 Å². The number of nitrogens with zero attached hydrogens (tertiary/aromatic N) is 2. The van der Waals surface area contributed by atoms with Crippen LogP contribution in [0, 0.1) is 12.8 Å². The number of piperidine rings is 1. The van der Waals surface area contributed by atoms with Gasteiger partial charge in [-0.25, -0.2) is 0 Å². The van der Waals surface area contributed by atoms with Crippen molar-refractivity contribution in [3.8, 4) is 17.2 Å². The van der Waals surface area contributed by atoms with Crippen molar-refractivity contribution in [2.75, 3.05) is 20.7 Å². The van der Waals surface area contributed by atoms with E-state index in [1.54, 1.807) is 42.0 Å². The minimum Gasteiger partial charge on any atom is -0.497 e. The molecule has 3 aromatic carbocycles. The number of aromatic nitrogens is 1. The number of methoxy groups -OCH3 is 1. The van der Waals surface area contributed by atoms with E-state index in [9.17, 15) is 14.7 Å². The van der Waals surface area contributed by atoms with Crippen molar-refractivity contribution in [2.24, 2.45) is 5.92 Å². The summed E-state index contributed by atoms with van der Waals surface area (Å²) in [4.78, 5) is 29.9. The van der Waals surface area contributed by atoms with E-state index in [2.05, 4.69) is 24.1 Å². The fourth-order valence-electron chi connectivity index (χ4n) is 8.41. The van der Waals surface area contributed by atoms with E-state index in [4.69, 9.17) is 25.8 Å². The van der Waals surface area contributed by atoms with Gasteiger partial charge in [0.15, 0.2) is 11.5 Å². The second-order valence-electron chi connectivity index (χ2n) is 12.7. The Morgan fingerprint density at radius 2 is 1.91 bits per heavy atom. The number of likely N-dealkylation sites (tertiary alicyclic amines) is 1. The molecular formula is C36H33ClN2O6. The van der Waals surface area contributed by atoms with Crippen LogP contribution in [0.2, 0.25) is 5.02 Å². The Bertz CT molecular complexity index is 1930. The van der Waals surface area contributed by atoms with Crippen molar-refractivity contribution >= 4 is 34.4 Å². The van der Waals surface area contributed by atoms with Crippen molar-refractivity contribution in [1.29, 1.82) is 0 Å². The Labute approximate surface area is 265 Å². The number of hydrogen-bond donors (Lipinski definition) is 1. The fourth-order valence-corrected chi connectivity index (χ4v) is 8.53. The highest BCUT2D eigenvalue weighted by molar-refractivity contribution is 6.30. The van der Waals surface area contributed by atoms with E-state index >= 15 is 0 Å². The molecule has 1 N–H and O–H groups in total. The first-order valence-electron chi connectivity index (χ1n) is 15.3. The molecule has 2 aliphatic carbocycles. The molecule has 0 radical (unpaired) electrons. The van der Waals surface area contributed by atoms with E-state index in [1.165, 1.54) is 5.56 Å². The molecule has 1 saturated heterocycles. The normalized spacial score (nSPS) is 26.0. The first-order valence-corrected chi connectivity index (χ1v) is 15.7. The van der Waals surface area contributed by atoms with Crippen LogP contribution >= 0.6 is 11.6 Å². The van der Waals surface area contributed by atoms with Gasteiger partial charge in [0.2, 0.25) is 0 Å². The van der Waals surface area contributed by atoms with Gasteiger partial charge in [0.1, 0.15) is 18.0 Å². The van der Waals surface area contributed by atoms with Crippen molar-refractivity contribution in [1.82, 2.24) is 9.47 Å². The molecule has 3 heterocycles. The molecule has 5 atom stereocenters. The molecule has 45 heavy (non-hydrogen) atoms. The van der Waals surface area contributed by atoms with Crippen molar-refractivity contribution in [2.45, 2.75) is 49.9 Å². The summed E-state index contributed by atoms with van der Waals surface area (Å²) in [6, 6.07) is 16.4. The standard InChI is InChI=1S/C36H33ClN2O6/c1-19-24(25-17-23(43-3)9-11-27(25)39(19)35(42)20-4-7-22(37)8-5-20)18-31(41)44-30-13-6-21-16-28-26-10-12-29(40)34-36(26,14-15-38(28)2)32(21)33(30)45-34/h4-13,17,26,28-29,34,40H,14-16,18H2,1-3H3/t26?,28-,29?,34+,36+/m1/s1. The molecule has 4 aliphatic rings. The number of carbonyl (C=O) groups is 2. The quantitative estimate of drug-likeness (QED) is 0.184. The number of ether oxygens (including phenoxy) is 3. The van der Waals surface area contributed by atoms with Gasteiger partial charge < -0.3 is 24.2 Å². The topological polar surface area (TPSA) is 90.2 Å². The van der Waals surface area contributed by atoms with Crippen LogP contribution in [0.15, 0.2) is 66.7 Å². The van der Waals surface area contributed by atoms with Crippen LogP contribution in [0.25, 0.3) is 10.9 Å². The third-order valence-electron chi connectivity index (χ3n) is 10.5. The summed E-state index contributed by atoms with van der Waals surface area (Å²) in [5.41, 5.74) is 4.39. The molecule has 0 amide bonds. The number of fused-ring (bicyclic) bond motifs is 1. The van der Waals surface area contributed by atoms with Crippen molar-refractivity contribution in [3.63, 3.8) is 0 Å². The van der Waals surface area contributed by atoms with E-state index in [-0.39, 0.29) is 23.7 Å². The maximum Gasteiger partial charge on any atom is 0.315 e. The molecule has 1 spiro atoms. The first-order chi connectivity index (χ1) is 21.7. The lowest BCUT2D eigenvalue weighted by molar-refractivity contribution is -0.133. The highest BCUT2D eigenvalue weighted by Gasteiger charge is 2.64. The Hall–Kier alpha value is -4.11. The Balaban J connectivity index is 1.16. The first kappa shape index (κ1) is 28.4. The van der Waals surface area contributed by atoms with Crippen LogP contribution in [0.3, 0.4) is 0 Å². The average Bonchev–Trinajstić information content (AvgIpc) is 3.53. The van der Waals surface area contributed by atoms with Crippen LogP contribution in [0.5, 0.6) is 17.2 Å². The predicted octanol–water partition coefficient (Wildman–Crippen LogP) is 5.25. The van der Waals surface area contributed by atoms with Crippen molar-refractivity contribution in [3.05, 3.63) is 99.7 Å². The highest BCUT2D eigenvalue weighted by atomic mass is 35.5. The number of benzene rings is 3. The van der Waals surface area contributed by atoms with E-state index in [0.717, 1.165) is 30.3 Å². The van der Waals surface area contributed by atoms with Crippen LogP contribution < -0.4 is 14.2 Å². The van der Waals surface area contributed by atoms with Gasteiger partial charge >= 0.3 is 5.97 Å². The fraction of sp³-hybridized carbons (Fsp3) is 0.333. The second-order valence-corrected chi connectivity index (χ2v) is 13.1. The lowest BCUT2D eigenvalue weighted by Crippen LogP contribution is -2.64. The number of likely N-dealkylation sites (N-methyl/N-ethyl adjacent to an activating group) is 1. The number of esters is 1. The van der Waals surface area contributed by atoms with Crippen LogP contribution in [0.1, 0.15) is 39.2 Å². The molecule has 2 bridgehead atoms. The van der Waals surface area contributed by atoms with Gasteiger partial charge in [-0.15, -0.1) is 0 Å².